The number of hydrogen-bond acceptors (Lipinski definition) is 2. The maximum Gasteiger partial charge on any atom is 0.228 e. The van der Waals surface area contributed by atoms with E-state index in [1.54, 1.807) is 0 Å². The van der Waals surface area contributed by atoms with Crippen LogP contribution in [0.5, 0.6) is 0 Å². The maximum absolute atomic E-state index is 14.0. The van der Waals surface area contributed by atoms with Gasteiger partial charge in [-0.25, -0.2) is 0 Å². The van der Waals surface area contributed by atoms with Crippen LogP contribution < -0.4 is 0 Å². The lowest BCUT2D eigenvalue weighted by Crippen LogP contribution is -2.56. The minimum Gasteiger partial charge on any atom is -0.331 e. The van der Waals surface area contributed by atoms with E-state index in [4.69, 9.17) is 0 Å². The lowest BCUT2D eigenvalue weighted by atomic mass is 9.89. The quantitative estimate of drug-likeness (QED) is 0.655. The van der Waals surface area contributed by atoms with Crippen molar-refractivity contribution in [1.82, 2.24) is 9.80 Å². The number of benzene rings is 2. The molecule has 0 saturated carbocycles. The molecule has 32 heavy (non-hydrogen) atoms. The summed E-state index contributed by atoms with van der Waals surface area (Å²) in [5.41, 5.74) is 2.36. The fourth-order valence-corrected chi connectivity index (χ4v) is 6.78. The Labute approximate surface area is 191 Å². The van der Waals surface area contributed by atoms with Gasteiger partial charge in [-0.2, -0.15) is 0 Å². The van der Waals surface area contributed by atoms with Gasteiger partial charge in [-0.15, -0.1) is 0 Å². The van der Waals surface area contributed by atoms with Crippen LogP contribution in [0.1, 0.15) is 63.7 Å². The fraction of sp³-hybridized carbons (Fsp3) is 0.500. The predicted octanol–water partition coefficient (Wildman–Crippen LogP) is 5.23. The van der Waals surface area contributed by atoms with Gasteiger partial charge in [0.05, 0.1) is 23.9 Å². The standard InChI is InChI=1S/C28H34N2O2/c1-17-15-23-19(3)28(32)30-24(16-18(2)26(30)22-13-9-6-10-14-22)20(4)27(31)29(23)25(17)21-11-7-5-8-12-21/h5-14,17-20,23-26H,15-16H2,1-4H3/t17-,18-,19-,20-,23+,24+,25+,26+/m1/s1. The van der Waals surface area contributed by atoms with E-state index in [2.05, 4.69) is 47.9 Å². The Morgan fingerprint density at radius 2 is 0.938 bits per heavy atom. The van der Waals surface area contributed by atoms with Gasteiger partial charge in [0.1, 0.15) is 0 Å². The summed E-state index contributed by atoms with van der Waals surface area (Å²) in [6.45, 7) is 8.55. The zero-order valence-electron chi connectivity index (χ0n) is 19.5. The minimum absolute atomic E-state index is 0.0432. The molecule has 0 spiro atoms. The predicted molar refractivity (Wildman–Crippen MR) is 126 cm³/mol. The second kappa shape index (κ2) is 8.06. The minimum atomic E-state index is -0.207. The topological polar surface area (TPSA) is 40.6 Å². The van der Waals surface area contributed by atoms with Gasteiger partial charge in [0.25, 0.3) is 0 Å². The highest BCUT2D eigenvalue weighted by molar-refractivity contribution is 5.87. The van der Waals surface area contributed by atoms with E-state index in [-0.39, 0.29) is 47.8 Å². The van der Waals surface area contributed by atoms with Crippen molar-refractivity contribution in [2.24, 2.45) is 23.7 Å². The third-order valence-corrected chi connectivity index (χ3v) is 8.34. The fourth-order valence-electron chi connectivity index (χ4n) is 6.78. The number of hydrogen-bond donors (Lipinski definition) is 0. The van der Waals surface area contributed by atoms with Crippen molar-refractivity contribution in [3.63, 3.8) is 0 Å². The number of rotatable bonds is 2. The van der Waals surface area contributed by atoms with Gasteiger partial charge in [-0.05, 0) is 35.8 Å². The first-order chi connectivity index (χ1) is 15.4. The normalized spacial score (nSPS) is 37.1. The van der Waals surface area contributed by atoms with Crippen LogP contribution in [-0.4, -0.2) is 33.7 Å². The van der Waals surface area contributed by atoms with Crippen LogP contribution in [0.15, 0.2) is 60.7 Å². The van der Waals surface area contributed by atoms with E-state index in [0.717, 1.165) is 12.8 Å². The summed E-state index contributed by atoms with van der Waals surface area (Å²) in [4.78, 5) is 32.3. The summed E-state index contributed by atoms with van der Waals surface area (Å²) in [6, 6.07) is 20.7. The molecule has 2 amide bonds. The third-order valence-electron chi connectivity index (χ3n) is 8.34. The molecule has 3 aliphatic heterocycles. The Bertz CT molecular complexity index is 910. The molecule has 0 aliphatic carbocycles. The SMILES string of the molecule is C[C@@H]1C[C@H]2[C@@H](C)C(=O)N3[C@H](c4ccccc4)[C@H](C)C[C@H]3[C@@H](C)C(=O)N2[C@@H]1c1ccccc1. The summed E-state index contributed by atoms with van der Waals surface area (Å²) in [5.74, 6) is 0.659. The molecule has 0 N–H and O–H groups in total. The van der Waals surface area contributed by atoms with Crippen LogP contribution >= 0.6 is 0 Å². The Morgan fingerprint density at radius 1 is 0.594 bits per heavy atom. The van der Waals surface area contributed by atoms with Crippen LogP contribution in [-0.2, 0) is 9.59 Å². The molecule has 0 radical (unpaired) electrons. The van der Waals surface area contributed by atoms with Crippen molar-refractivity contribution in [1.29, 1.82) is 0 Å². The second-order valence-electron chi connectivity index (χ2n) is 10.3. The van der Waals surface area contributed by atoms with E-state index >= 15 is 0 Å². The van der Waals surface area contributed by atoms with Crippen molar-refractivity contribution in [2.45, 2.75) is 64.7 Å². The lowest BCUT2D eigenvalue weighted by Gasteiger charge is -2.44. The zero-order valence-corrected chi connectivity index (χ0v) is 19.5. The van der Waals surface area contributed by atoms with Crippen molar-refractivity contribution in [3.8, 4) is 0 Å². The summed E-state index contributed by atoms with van der Waals surface area (Å²) in [7, 11) is 0. The molecular weight excluding hydrogens is 396 g/mol. The van der Waals surface area contributed by atoms with Crippen LogP contribution in [0.4, 0.5) is 0 Å². The van der Waals surface area contributed by atoms with Gasteiger partial charge in [0, 0.05) is 12.1 Å². The Morgan fingerprint density at radius 3 is 1.28 bits per heavy atom. The number of carbonyl (C=O) groups is 2. The number of carbonyl (C=O) groups excluding carboxylic acids is 2. The molecule has 0 bridgehead atoms. The highest BCUT2D eigenvalue weighted by Gasteiger charge is 2.55. The Kier molecular flexibility index (Phi) is 5.35. The van der Waals surface area contributed by atoms with Gasteiger partial charge in [0.15, 0.2) is 0 Å². The molecular formula is C28H34N2O2. The smallest absolute Gasteiger partial charge is 0.228 e. The average molecular weight is 431 g/mol. The number of nitrogens with zero attached hydrogens (tertiary/aromatic N) is 2. The molecule has 4 nitrogen and oxygen atoms in total. The van der Waals surface area contributed by atoms with E-state index in [1.165, 1.54) is 11.1 Å². The molecule has 5 rings (SSSR count). The molecule has 2 aromatic carbocycles. The molecule has 3 fully saturated rings. The Hall–Kier alpha value is -2.62. The van der Waals surface area contributed by atoms with Crippen molar-refractivity contribution in [2.75, 3.05) is 0 Å². The van der Waals surface area contributed by atoms with Crippen molar-refractivity contribution >= 4 is 11.8 Å². The van der Waals surface area contributed by atoms with Crippen LogP contribution in [0.3, 0.4) is 0 Å². The highest BCUT2D eigenvalue weighted by atomic mass is 16.2. The number of fused-ring (bicyclic) bond motifs is 2. The molecule has 8 atom stereocenters. The summed E-state index contributed by atoms with van der Waals surface area (Å²) in [6.07, 6.45) is 1.74. The third kappa shape index (κ3) is 3.18. The molecule has 168 valence electrons. The van der Waals surface area contributed by atoms with Crippen LogP contribution in [0.25, 0.3) is 0 Å². The summed E-state index contributed by atoms with van der Waals surface area (Å²) >= 11 is 0. The first-order valence-electron chi connectivity index (χ1n) is 12.1. The monoisotopic (exact) mass is 430 g/mol. The molecule has 3 heterocycles. The van der Waals surface area contributed by atoms with Crippen LogP contribution in [0, 0.1) is 23.7 Å². The van der Waals surface area contributed by atoms with E-state index in [0.29, 0.717) is 11.8 Å². The van der Waals surface area contributed by atoms with Crippen molar-refractivity contribution in [3.05, 3.63) is 71.8 Å². The van der Waals surface area contributed by atoms with E-state index in [9.17, 15) is 9.59 Å². The largest absolute Gasteiger partial charge is 0.331 e. The molecule has 2 aromatic rings. The van der Waals surface area contributed by atoms with Crippen molar-refractivity contribution < 1.29 is 9.59 Å². The molecule has 0 aromatic heterocycles. The molecule has 3 aliphatic rings. The average Bonchev–Trinajstić information content (AvgIpc) is 3.34. The lowest BCUT2D eigenvalue weighted by molar-refractivity contribution is -0.154. The first-order valence-corrected chi connectivity index (χ1v) is 12.1. The Balaban J connectivity index is 1.56. The van der Waals surface area contributed by atoms with Gasteiger partial charge >= 0.3 is 0 Å². The highest BCUT2D eigenvalue weighted by Crippen LogP contribution is 2.50. The molecule has 4 heteroatoms. The second-order valence-corrected chi connectivity index (χ2v) is 10.3. The number of amides is 2. The zero-order chi connectivity index (χ0) is 22.6. The van der Waals surface area contributed by atoms with E-state index < -0.39 is 0 Å². The van der Waals surface area contributed by atoms with Gasteiger partial charge in [-0.1, -0.05) is 88.4 Å². The summed E-state index contributed by atoms with van der Waals surface area (Å²) in [5, 5.41) is 0. The maximum atomic E-state index is 14.0. The van der Waals surface area contributed by atoms with Gasteiger partial charge in [0.2, 0.25) is 11.8 Å². The first kappa shape index (κ1) is 21.2. The van der Waals surface area contributed by atoms with Gasteiger partial charge < -0.3 is 9.80 Å². The summed E-state index contributed by atoms with van der Waals surface area (Å²) < 4.78 is 0. The van der Waals surface area contributed by atoms with Crippen LogP contribution in [0.2, 0.25) is 0 Å². The van der Waals surface area contributed by atoms with E-state index in [1.807, 2.05) is 50.2 Å². The molecule has 0 unspecified atom stereocenters. The van der Waals surface area contributed by atoms with Gasteiger partial charge in [-0.3, -0.25) is 9.59 Å². The molecule has 3 saturated heterocycles.